The zero-order valence-corrected chi connectivity index (χ0v) is 12.4. The molecule has 0 aromatic carbocycles. The van der Waals surface area contributed by atoms with Crippen molar-refractivity contribution in [2.45, 2.75) is 46.3 Å². The lowest BCUT2D eigenvalue weighted by Gasteiger charge is -2.25. The van der Waals surface area contributed by atoms with E-state index in [4.69, 9.17) is 15.2 Å². The van der Waals surface area contributed by atoms with Crippen molar-refractivity contribution in [2.75, 3.05) is 24.2 Å². The molecule has 0 fully saturated rings. The number of hydrogen-bond donors (Lipinski definition) is 2. The molecule has 0 saturated heterocycles. The number of rotatable bonds is 7. The number of hydrogen-bond acceptors (Lipinski definition) is 6. The van der Waals surface area contributed by atoms with Crippen molar-refractivity contribution >= 4 is 11.5 Å². The van der Waals surface area contributed by atoms with Crippen molar-refractivity contribution < 1.29 is 9.47 Å². The maximum Gasteiger partial charge on any atom is 0.242 e. The lowest BCUT2D eigenvalue weighted by Crippen LogP contribution is -2.33. The number of aromatic nitrogens is 2. The number of nitrogens with one attached hydrogen (secondary N) is 1. The molecule has 0 aliphatic rings. The standard InChI is InChI=1S/C13H24N4O2/c1-6-18-13(4,5)7-15-11-10(14)12(17-8-16-11)19-9(2)3/h8-9H,6-7,14H2,1-5H3,(H,15,16,17). The van der Waals surface area contributed by atoms with E-state index in [-0.39, 0.29) is 11.7 Å². The Morgan fingerprint density at radius 3 is 2.63 bits per heavy atom. The van der Waals surface area contributed by atoms with Crippen molar-refractivity contribution in [3.63, 3.8) is 0 Å². The predicted molar refractivity (Wildman–Crippen MR) is 76.4 cm³/mol. The fourth-order valence-electron chi connectivity index (χ4n) is 1.58. The van der Waals surface area contributed by atoms with Crippen molar-refractivity contribution in [3.05, 3.63) is 6.33 Å². The van der Waals surface area contributed by atoms with E-state index >= 15 is 0 Å². The first kappa shape index (κ1) is 15.5. The van der Waals surface area contributed by atoms with Gasteiger partial charge in [0.15, 0.2) is 5.82 Å². The summed E-state index contributed by atoms with van der Waals surface area (Å²) in [6, 6.07) is 0. The van der Waals surface area contributed by atoms with Crippen LogP contribution < -0.4 is 15.8 Å². The quantitative estimate of drug-likeness (QED) is 0.787. The van der Waals surface area contributed by atoms with Crippen LogP contribution in [0.15, 0.2) is 6.33 Å². The third-order valence-electron chi connectivity index (χ3n) is 2.41. The number of anilines is 2. The second-order valence-electron chi connectivity index (χ2n) is 5.15. The van der Waals surface area contributed by atoms with Gasteiger partial charge in [-0.05, 0) is 34.6 Å². The maximum atomic E-state index is 5.98. The first-order valence-corrected chi connectivity index (χ1v) is 6.50. The molecule has 0 bridgehead atoms. The van der Waals surface area contributed by atoms with Crippen LogP contribution >= 0.6 is 0 Å². The highest BCUT2D eigenvalue weighted by Gasteiger charge is 2.19. The number of ether oxygens (including phenoxy) is 2. The van der Waals surface area contributed by atoms with E-state index in [2.05, 4.69) is 15.3 Å². The third-order valence-corrected chi connectivity index (χ3v) is 2.41. The first-order chi connectivity index (χ1) is 8.85. The minimum Gasteiger partial charge on any atom is -0.473 e. The normalized spacial score (nSPS) is 11.7. The molecule has 0 aliphatic carbocycles. The molecule has 108 valence electrons. The van der Waals surface area contributed by atoms with Crippen molar-refractivity contribution in [1.29, 1.82) is 0 Å². The van der Waals surface area contributed by atoms with Gasteiger partial charge in [-0.25, -0.2) is 4.98 Å². The van der Waals surface area contributed by atoms with E-state index in [0.29, 0.717) is 30.5 Å². The molecule has 0 atom stereocenters. The Bertz CT molecular complexity index is 408. The summed E-state index contributed by atoms with van der Waals surface area (Å²) >= 11 is 0. The second-order valence-corrected chi connectivity index (χ2v) is 5.15. The van der Waals surface area contributed by atoms with Crippen LogP contribution in [0.3, 0.4) is 0 Å². The molecule has 0 saturated carbocycles. The fraction of sp³-hybridized carbons (Fsp3) is 0.692. The van der Waals surface area contributed by atoms with Gasteiger partial charge in [-0.15, -0.1) is 0 Å². The minimum absolute atomic E-state index is 0.0184. The smallest absolute Gasteiger partial charge is 0.242 e. The van der Waals surface area contributed by atoms with Crippen LogP contribution in [0.4, 0.5) is 11.5 Å². The third kappa shape index (κ3) is 4.90. The Labute approximate surface area is 114 Å². The van der Waals surface area contributed by atoms with Gasteiger partial charge in [-0.2, -0.15) is 4.98 Å². The lowest BCUT2D eigenvalue weighted by atomic mass is 10.1. The van der Waals surface area contributed by atoms with E-state index in [1.165, 1.54) is 6.33 Å². The van der Waals surface area contributed by atoms with Gasteiger partial charge in [-0.1, -0.05) is 0 Å². The Kier molecular flexibility index (Phi) is 5.35. The molecule has 6 heteroatoms. The highest BCUT2D eigenvalue weighted by molar-refractivity contribution is 5.66. The lowest BCUT2D eigenvalue weighted by molar-refractivity contribution is 0.000646. The monoisotopic (exact) mass is 268 g/mol. The number of nitrogens with zero attached hydrogens (tertiary/aromatic N) is 2. The first-order valence-electron chi connectivity index (χ1n) is 6.50. The summed E-state index contributed by atoms with van der Waals surface area (Å²) in [5.41, 5.74) is 6.12. The minimum atomic E-state index is -0.286. The molecule has 0 spiro atoms. The largest absolute Gasteiger partial charge is 0.473 e. The summed E-state index contributed by atoms with van der Waals surface area (Å²) < 4.78 is 11.1. The van der Waals surface area contributed by atoms with Crippen molar-refractivity contribution in [3.8, 4) is 5.88 Å². The molecule has 1 rings (SSSR count). The van der Waals surface area contributed by atoms with E-state index in [1.54, 1.807) is 0 Å². The molecule has 1 aromatic rings. The Morgan fingerprint density at radius 2 is 2.05 bits per heavy atom. The van der Waals surface area contributed by atoms with Crippen LogP contribution in [0, 0.1) is 0 Å². The molecule has 19 heavy (non-hydrogen) atoms. The second kappa shape index (κ2) is 6.56. The van der Waals surface area contributed by atoms with Gasteiger partial charge < -0.3 is 20.5 Å². The summed E-state index contributed by atoms with van der Waals surface area (Å²) in [6.07, 6.45) is 1.45. The zero-order valence-electron chi connectivity index (χ0n) is 12.4. The predicted octanol–water partition coefficient (Wildman–Crippen LogP) is 2.07. The van der Waals surface area contributed by atoms with Crippen LogP contribution in [0.25, 0.3) is 0 Å². The van der Waals surface area contributed by atoms with E-state index < -0.39 is 0 Å². The van der Waals surface area contributed by atoms with Crippen LogP contribution in [0.2, 0.25) is 0 Å². The van der Waals surface area contributed by atoms with Gasteiger partial charge in [0.1, 0.15) is 12.0 Å². The van der Waals surface area contributed by atoms with Crippen LogP contribution in [0.1, 0.15) is 34.6 Å². The van der Waals surface area contributed by atoms with Gasteiger partial charge in [0, 0.05) is 13.2 Å². The molecule has 0 radical (unpaired) electrons. The summed E-state index contributed by atoms with van der Waals surface area (Å²) in [5.74, 6) is 0.972. The summed E-state index contributed by atoms with van der Waals surface area (Å²) in [4.78, 5) is 8.16. The molecular formula is C13H24N4O2. The SMILES string of the molecule is CCOC(C)(C)CNc1ncnc(OC(C)C)c1N. The summed E-state index contributed by atoms with van der Waals surface area (Å²) in [5, 5.41) is 3.17. The molecule has 0 aliphatic heterocycles. The summed E-state index contributed by atoms with van der Waals surface area (Å²) in [7, 11) is 0. The van der Waals surface area contributed by atoms with Crippen LogP contribution in [-0.4, -0.2) is 34.8 Å². The molecular weight excluding hydrogens is 244 g/mol. The van der Waals surface area contributed by atoms with Gasteiger partial charge in [-0.3, -0.25) is 0 Å². The van der Waals surface area contributed by atoms with Gasteiger partial charge >= 0.3 is 0 Å². The van der Waals surface area contributed by atoms with Crippen LogP contribution in [-0.2, 0) is 4.74 Å². The Balaban J connectivity index is 2.74. The zero-order chi connectivity index (χ0) is 14.5. The van der Waals surface area contributed by atoms with E-state index in [1.807, 2.05) is 34.6 Å². The van der Waals surface area contributed by atoms with E-state index in [9.17, 15) is 0 Å². The van der Waals surface area contributed by atoms with Gasteiger partial charge in [0.05, 0.1) is 11.7 Å². The van der Waals surface area contributed by atoms with Crippen LogP contribution in [0.5, 0.6) is 5.88 Å². The average Bonchev–Trinajstić information content (AvgIpc) is 2.29. The van der Waals surface area contributed by atoms with Gasteiger partial charge in [0.2, 0.25) is 5.88 Å². The molecule has 6 nitrogen and oxygen atoms in total. The highest BCUT2D eigenvalue weighted by Crippen LogP contribution is 2.26. The summed E-state index contributed by atoms with van der Waals surface area (Å²) in [6.45, 7) is 11.1. The van der Waals surface area contributed by atoms with E-state index in [0.717, 1.165) is 0 Å². The average molecular weight is 268 g/mol. The molecule has 0 unspecified atom stereocenters. The molecule has 1 heterocycles. The fourth-order valence-corrected chi connectivity index (χ4v) is 1.58. The van der Waals surface area contributed by atoms with Crippen molar-refractivity contribution in [2.24, 2.45) is 0 Å². The number of nitrogens with two attached hydrogens (primary N) is 1. The molecule has 0 amide bonds. The number of nitrogen functional groups attached to an aromatic ring is 1. The Morgan fingerprint density at radius 1 is 1.37 bits per heavy atom. The molecule has 1 aromatic heterocycles. The molecule has 3 N–H and O–H groups in total. The highest BCUT2D eigenvalue weighted by atomic mass is 16.5. The topological polar surface area (TPSA) is 82.3 Å². The Hall–Kier alpha value is -1.56. The maximum absolute atomic E-state index is 5.98. The van der Waals surface area contributed by atoms with Crippen molar-refractivity contribution in [1.82, 2.24) is 9.97 Å². The van der Waals surface area contributed by atoms with Gasteiger partial charge in [0.25, 0.3) is 0 Å².